The van der Waals surface area contributed by atoms with Crippen LogP contribution in [-0.2, 0) is 24.4 Å². The second-order valence-corrected chi connectivity index (χ2v) is 8.68. The molecule has 1 aliphatic heterocycles. The van der Waals surface area contributed by atoms with Gasteiger partial charge in [0.25, 0.3) is 0 Å². The lowest BCUT2D eigenvalue weighted by Gasteiger charge is -2.27. The number of nitrogens with zero attached hydrogens (tertiary/aromatic N) is 1. The monoisotopic (exact) mass is 490 g/mol. The van der Waals surface area contributed by atoms with Crippen LogP contribution in [0.5, 0.6) is 17.2 Å². The molecular weight excluding hydrogens is 460 g/mol. The second-order valence-electron chi connectivity index (χ2n) is 8.68. The topological polar surface area (TPSA) is 124 Å². The number of nitrogens with one attached hydrogen (secondary N) is 1. The number of aliphatic hydroxyl groups is 2. The number of aliphatic hydroxyl groups excluding tert-OH is 2. The molecule has 0 aromatic heterocycles. The largest absolute Gasteiger partial charge is 0.508 e. The molecule has 0 saturated heterocycles. The minimum atomic E-state index is -0.751. The summed E-state index contributed by atoms with van der Waals surface area (Å²) >= 11 is 0. The van der Waals surface area contributed by atoms with Crippen molar-refractivity contribution in [2.24, 2.45) is 0 Å². The van der Waals surface area contributed by atoms with Crippen molar-refractivity contribution in [3.05, 3.63) is 88.5 Å². The highest BCUT2D eigenvalue weighted by Crippen LogP contribution is 2.33. The maximum atomic E-state index is 10.4. The number of aromatic hydroxyl groups is 1. The number of hydrogen-bond donors (Lipinski definition) is 4. The van der Waals surface area contributed by atoms with Crippen molar-refractivity contribution in [1.29, 1.82) is 5.26 Å². The number of rotatable bonds is 11. The maximum absolute atomic E-state index is 10.4. The van der Waals surface area contributed by atoms with Crippen LogP contribution in [-0.4, -0.2) is 47.7 Å². The fourth-order valence-corrected chi connectivity index (χ4v) is 3.97. The highest BCUT2D eigenvalue weighted by Gasteiger charge is 2.21. The number of ether oxygens (including phenoxy) is 3. The van der Waals surface area contributed by atoms with Crippen molar-refractivity contribution >= 4 is 0 Å². The molecule has 1 heterocycles. The zero-order chi connectivity index (χ0) is 25.3. The van der Waals surface area contributed by atoms with Crippen LogP contribution in [0.15, 0.2) is 60.7 Å². The van der Waals surface area contributed by atoms with E-state index in [2.05, 4.69) is 11.4 Å². The highest BCUT2D eigenvalue weighted by molar-refractivity contribution is 5.44. The van der Waals surface area contributed by atoms with E-state index < -0.39 is 6.10 Å². The lowest BCUT2D eigenvalue weighted by Crippen LogP contribution is -2.33. The molecule has 0 aliphatic carbocycles. The van der Waals surface area contributed by atoms with E-state index in [0.717, 1.165) is 17.5 Å². The summed E-state index contributed by atoms with van der Waals surface area (Å²) in [5.41, 5.74) is 3.64. The third-order valence-corrected chi connectivity index (χ3v) is 5.94. The van der Waals surface area contributed by atoms with Crippen molar-refractivity contribution in [3.63, 3.8) is 0 Å². The highest BCUT2D eigenvalue weighted by atomic mass is 16.6. The van der Waals surface area contributed by atoms with Gasteiger partial charge in [0, 0.05) is 12.1 Å². The van der Waals surface area contributed by atoms with Crippen LogP contribution in [0.3, 0.4) is 0 Å². The van der Waals surface area contributed by atoms with Crippen LogP contribution < -0.4 is 14.8 Å². The van der Waals surface area contributed by atoms with Crippen LogP contribution in [0.2, 0.25) is 0 Å². The number of fused-ring (bicyclic) bond motifs is 1. The van der Waals surface area contributed by atoms with Crippen molar-refractivity contribution in [1.82, 2.24) is 5.32 Å². The van der Waals surface area contributed by atoms with E-state index in [-0.39, 0.29) is 18.5 Å². The first-order valence-electron chi connectivity index (χ1n) is 11.9. The summed E-state index contributed by atoms with van der Waals surface area (Å²) < 4.78 is 17.7. The summed E-state index contributed by atoms with van der Waals surface area (Å²) in [6.07, 6.45) is -0.245. The normalized spacial score (nSPS) is 15.3. The van der Waals surface area contributed by atoms with E-state index in [1.165, 1.54) is 6.07 Å². The quantitative estimate of drug-likeness (QED) is 0.303. The fourth-order valence-electron chi connectivity index (χ4n) is 3.97. The molecule has 3 aromatic carbocycles. The maximum Gasteiger partial charge on any atom is 0.162 e. The van der Waals surface area contributed by atoms with E-state index in [0.29, 0.717) is 61.1 Å². The molecule has 188 valence electrons. The molecule has 1 aliphatic rings. The van der Waals surface area contributed by atoms with Gasteiger partial charge in [0.2, 0.25) is 0 Å². The molecule has 3 aromatic rings. The van der Waals surface area contributed by atoms with Gasteiger partial charge in [0.15, 0.2) is 17.6 Å². The first-order chi connectivity index (χ1) is 17.6. The van der Waals surface area contributed by atoms with Crippen molar-refractivity contribution in [3.8, 4) is 23.3 Å². The molecule has 0 bridgehead atoms. The summed E-state index contributed by atoms with van der Waals surface area (Å²) in [5, 5.41) is 41.6. The number of phenols is 1. The molecule has 0 unspecified atom stereocenters. The number of benzene rings is 3. The first-order valence-corrected chi connectivity index (χ1v) is 11.9. The van der Waals surface area contributed by atoms with Crippen molar-refractivity contribution in [2.75, 3.05) is 26.3 Å². The predicted molar refractivity (Wildman–Crippen MR) is 133 cm³/mol. The zero-order valence-electron chi connectivity index (χ0n) is 19.9. The molecule has 0 fully saturated rings. The van der Waals surface area contributed by atoms with Gasteiger partial charge in [-0.2, -0.15) is 5.26 Å². The molecule has 0 amide bonds. The van der Waals surface area contributed by atoms with Crippen LogP contribution >= 0.6 is 0 Å². The minimum Gasteiger partial charge on any atom is -0.508 e. The van der Waals surface area contributed by atoms with Gasteiger partial charge in [-0.3, -0.25) is 0 Å². The zero-order valence-corrected chi connectivity index (χ0v) is 19.9. The first kappa shape index (κ1) is 25.5. The van der Waals surface area contributed by atoms with Crippen LogP contribution in [0.25, 0.3) is 0 Å². The van der Waals surface area contributed by atoms with Gasteiger partial charge in [-0.15, -0.1) is 0 Å². The molecule has 8 nitrogen and oxygen atoms in total. The van der Waals surface area contributed by atoms with E-state index in [9.17, 15) is 15.3 Å². The Labute approximate surface area is 210 Å². The third kappa shape index (κ3) is 6.74. The number of nitriles is 1. The molecule has 4 N–H and O–H groups in total. The molecule has 2 atom stereocenters. The molecule has 4 rings (SSSR count). The molecular formula is C28H30N2O6. The summed E-state index contributed by atoms with van der Waals surface area (Å²) in [6, 6.07) is 20.0. The van der Waals surface area contributed by atoms with Gasteiger partial charge in [-0.1, -0.05) is 24.3 Å². The van der Waals surface area contributed by atoms with Crippen molar-refractivity contribution in [2.45, 2.75) is 31.8 Å². The molecule has 0 radical (unpaired) electrons. The Morgan fingerprint density at radius 1 is 1.08 bits per heavy atom. The average molecular weight is 491 g/mol. The SMILES string of the molecule is N#Cc1cccc(COC[C@@H]2COc3ccc(CCNC[C@H](O)c4ccc(O)c(CO)c4)cc3O2)c1. The summed E-state index contributed by atoms with van der Waals surface area (Å²) in [4.78, 5) is 0. The van der Waals surface area contributed by atoms with E-state index in [1.54, 1.807) is 18.2 Å². The van der Waals surface area contributed by atoms with Gasteiger partial charge in [-0.05, 0) is 66.1 Å². The predicted octanol–water partition coefficient (Wildman–Crippen LogP) is 2.98. The Morgan fingerprint density at radius 3 is 2.81 bits per heavy atom. The lowest BCUT2D eigenvalue weighted by atomic mass is 10.1. The Bertz CT molecular complexity index is 1210. The van der Waals surface area contributed by atoms with Crippen LogP contribution in [0.4, 0.5) is 0 Å². The minimum absolute atomic E-state index is 0.0132. The molecule has 36 heavy (non-hydrogen) atoms. The lowest BCUT2D eigenvalue weighted by molar-refractivity contribution is 0.00266. The van der Waals surface area contributed by atoms with Crippen LogP contribution in [0.1, 0.15) is 33.9 Å². The van der Waals surface area contributed by atoms with Gasteiger partial charge in [0.05, 0.1) is 37.6 Å². The Morgan fingerprint density at radius 2 is 1.97 bits per heavy atom. The van der Waals surface area contributed by atoms with Gasteiger partial charge in [0.1, 0.15) is 12.4 Å². The van der Waals surface area contributed by atoms with E-state index in [4.69, 9.17) is 19.5 Å². The second kappa shape index (κ2) is 12.4. The summed E-state index contributed by atoms with van der Waals surface area (Å²) in [5.74, 6) is 1.39. The Hall–Kier alpha value is -3.61. The fraction of sp³-hybridized carbons (Fsp3) is 0.321. The Kier molecular flexibility index (Phi) is 8.76. The summed E-state index contributed by atoms with van der Waals surface area (Å²) in [6.45, 7) is 1.87. The number of hydrogen-bond acceptors (Lipinski definition) is 8. The summed E-state index contributed by atoms with van der Waals surface area (Å²) in [7, 11) is 0. The average Bonchev–Trinajstić information content (AvgIpc) is 2.91. The third-order valence-electron chi connectivity index (χ3n) is 5.94. The van der Waals surface area contributed by atoms with E-state index in [1.807, 2.05) is 36.4 Å². The standard InChI is InChI=1S/C28H30N2O6/c29-13-20-2-1-3-21(10-20)16-34-17-24-18-35-27-7-4-19(11-28(27)36-24)8-9-30-14-26(33)22-5-6-25(32)23(12-22)15-31/h1-7,10-12,24,26,30-33H,8-9,14-18H2/t24-,26+/m1/s1. The Balaban J connectivity index is 1.22. The molecule has 0 spiro atoms. The van der Waals surface area contributed by atoms with E-state index >= 15 is 0 Å². The molecule has 0 saturated carbocycles. The van der Waals surface area contributed by atoms with Crippen molar-refractivity contribution < 1.29 is 29.5 Å². The molecule has 8 heteroatoms. The van der Waals surface area contributed by atoms with Crippen LogP contribution in [0, 0.1) is 11.3 Å². The van der Waals surface area contributed by atoms with Gasteiger partial charge < -0.3 is 34.8 Å². The van der Waals surface area contributed by atoms with Gasteiger partial charge in [-0.25, -0.2) is 0 Å². The van der Waals surface area contributed by atoms with Gasteiger partial charge >= 0.3 is 0 Å². The smallest absolute Gasteiger partial charge is 0.162 e.